The second kappa shape index (κ2) is 9.02. The van der Waals surface area contributed by atoms with Crippen molar-refractivity contribution in [2.45, 2.75) is 18.9 Å². The van der Waals surface area contributed by atoms with Crippen LogP contribution in [0.4, 0.5) is 5.69 Å². The normalized spacial score (nSPS) is 10.8. The zero-order valence-corrected chi connectivity index (χ0v) is 16.1. The fraction of sp³-hybridized carbons (Fsp3) is 0.120. The Balaban J connectivity index is 1.47. The minimum atomic E-state index is -0.370. The van der Waals surface area contributed by atoms with E-state index < -0.39 is 0 Å². The summed E-state index contributed by atoms with van der Waals surface area (Å²) in [7, 11) is 0. The van der Waals surface area contributed by atoms with E-state index in [-0.39, 0.29) is 11.8 Å². The number of anilines is 1. The molecular weight excluding hydrogens is 358 g/mol. The molecule has 1 amide bonds. The van der Waals surface area contributed by atoms with Gasteiger partial charge in [0.1, 0.15) is 0 Å². The zero-order valence-electron chi connectivity index (χ0n) is 16.1. The van der Waals surface area contributed by atoms with Crippen LogP contribution in [-0.4, -0.2) is 15.7 Å². The number of aromatic nitrogens is 2. The third-order valence-corrected chi connectivity index (χ3v) is 4.90. The van der Waals surface area contributed by atoms with Crippen molar-refractivity contribution in [3.8, 4) is 0 Å². The van der Waals surface area contributed by atoms with Gasteiger partial charge in [-0.1, -0.05) is 91.0 Å². The first-order chi connectivity index (χ1) is 14.3. The number of carbonyl (C=O) groups excluding carboxylic acids is 1. The molecule has 0 aliphatic carbocycles. The van der Waals surface area contributed by atoms with E-state index in [4.69, 9.17) is 0 Å². The lowest BCUT2D eigenvalue weighted by Gasteiger charge is -2.17. The third kappa shape index (κ3) is 4.79. The maximum absolute atomic E-state index is 13.2. The molecule has 0 saturated carbocycles. The van der Waals surface area contributed by atoms with Gasteiger partial charge in [-0.2, -0.15) is 5.10 Å². The highest BCUT2D eigenvalue weighted by Crippen LogP contribution is 2.26. The molecule has 4 rings (SSSR count). The van der Waals surface area contributed by atoms with Crippen LogP contribution >= 0.6 is 0 Å². The van der Waals surface area contributed by atoms with Gasteiger partial charge in [-0.25, -0.2) is 0 Å². The summed E-state index contributed by atoms with van der Waals surface area (Å²) >= 11 is 0. The summed E-state index contributed by atoms with van der Waals surface area (Å²) in [6.07, 6.45) is 4.48. The van der Waals surface area contributed by atoms with Crippen LogP contribution in [0.1, 0.15) is 22.6 Å². The first kappa shape index (κ1) is 18.7. The average molecular weight is 381 g/mol. The van der Waals surface area contributed by atoms with Gasteiger partial charge in [0.05, 0.1) is 17.8 Å². The fourth-order valence-electron chi connectivity index (χ4n) is 3.44. The molecule has 0 atom stereocenters. The van der Waals surface area contributed by atoms with E-state index in [0.717, 1.165) is 24.1 Å². The molecule has 3 aromatic carbocycles. The number of hydrogen-bond donors (Lipinski definition) is 1. The van der Waals surface area contributed by atoms with Gasteiger partial charge in [0.25, 0.3) is 0 Å². The van der Waals surface area contributed by atoms with Crippen LogP contribution in [0.5, 0.6) is 0 Å². The Bertz CT molecular complexity index is 1000. The highest BCUT2D eigenvalue weighted by molar-refractivity contribution is 5.98. The molecule has 0 aliphatic heterocycles. The van der Waals surface area contributed by atoms with Crippen molar-refractivity contribution in [3.63, 3.8) is 0 Å². The molecule has 4 heteroatoms. The fourth-order valence-corrected chi connectivity index (χ4v) is 3.44. The Hall–Kier alpha value is -3.66. The van der Waals surface area contributed by atoms with Gasteiger partial charge >= 0.3 is 0 Å². The number of nitrogens with one attached hydrogen (secondary N) is 1. The van der Waals surface area contributed by atoms with E-state index in [1.165, 1.54) is 5.56 Å². The number of nitrogens with zero attached hydrogens (tertiary/aromatic N) is 2. The number of benzene rings is 3. The van der Waals surface area contributed by atoms with Crippen molar-refractivity contribution in [2.75, 3.05) is 5.32 Å². The summed E-state index contributed by atoms with van der Waals surface area (Å²) in [6, 6.07) is 30.0. The topological polar surface area (TPSA) is 46.9 Å². The molecule has 29 heavy (non-hydrogen) atoms. The Labute approximate surface area is 170 Å². The van der Waals surface area contributed by atoms with Crippen molar-refractivity contribution in [3.05, 3.63) is 120 Å². The van der Waals surface area contributed by atoms with Crippen LogP contribution in [-0.2, 0) is 17.8 Å². The summed E-state index contributed by atoms with van der Waals surface area (Å²) in [5, 5.41) is 7.43. The van der Waals surface area contributed by atoms with Gasteiger partial charge < -0.3 is 5.32 Å². The van der Waals surface area contributed by atoms with E-state index in [9.17, 15) is 4.79 Å². The summed E-state index contributed by atoms with van der Waals surface area (Å²) in [4.78, 5) is 13.2. The predicted molar refractivity (Wildman–Crippen MR) is 116 cm³/mol. The Morgan fingerprint density at radius 1 is 0.828 bits per heavy atom. The van der Waals surface area contributed by atoms with Crippen molar-refractivity contribution in [1.82, 2.24) is 9.78 Å². The van der Waals surface area contributed by atoms with Crippen molar-refractivity contribution in [1.29, 1.82) is 0 Å². The number of amides is 1. The molecule has 1 N–H and O–H groups in total. The Kier molecular flexibility index (Phi) is 5.81. The van der Waals surface area contributed by atoms with Crippen LogP contribution in [0.15, 0.2) is 103 Å². The van der Waals surface area contributed by atoms with Crippen LogP contribution in [0.3, 0.4) is 0 Å². The Morgan fingerprint density at radius 3 is 1.97 bits per heavy atom. The molecule has 144 valence electrons. The molecule has 0 fully saturated rings. The summed E-state index contributed by atoms with van der Waals surface area (Å²) in [6.45, 7) is 0.765. The molecule has 0 saturated heterocycles. The molecule has 0 aliphatic rings. The standard InChI is InChI=1S/C25H23N3O/c29-25(24(21-12-6-2-7-13-21)22-14-8-3-9-15-22)27-23-18-26-28(19-23)17-16-20-10-4-1-5-11-20/h1-15,18-19,24H,16-17H2,(H,27,29). The number of hydrogen-bond acceptors (Lipinski definition) is 2. The second-order valence-corrected chi connectivity index (χ2v) is 6.97. The Morgan fingerprint density at radius 2 is 1.38 bits per heavy atom. The monoisotopic (exact) mass is 381 g/mol. The molecular formula is C25H23N3O. The largest absolute Gasteiger partial charge is 0.323 e. The number of carbonyl (C=O) groups is 1. The lowest BCUT2D eigenvalue weighted by atomic mass is 9.90. The van der Waals surface area contributed by atoms with Gasteiger partial charge in [0.15, 0.2) is 0 Å². The zero-order chi connectivity index (χ0) is 19.9. The van der Waals surface area contributed by atoms with Gasteiger partial charge in [0.2, 0.25) is 5.91 Å². The maximum atomic E-state index is 13.2. The molecule has 1 aromatic heterocycles. The average Bonchev–Trinajstić information content (AvgIpc) is 3.22. The van der Waals surface area contributed by atoms with Crippen LogP contribution in [0.25, 0.3) is 0 Å². The van der Waals surface area contributed by atoms with E-state index in [1.807, 2.05) is 89.7 Å². The van der Waals surface area contributed by atoms with Gasteiger partial charge in [-0.15, -0.1) is 0 Å². The van der Waals surface area contributed by atoms with Gasteiger partial charge in [-0.3, -0.25) is 9.48 Å². The van der Waals surface area contributed by atoms with E-state index >= 15 is 0 Å². The number of rotatable bonds is 7. The molecule has 0 radical (unpaired) electrons. The van der Waals surface area contributed by atoms with Crippen molar-refractivity contribution in [2.24, 2.45) is 0 Å². The lowest BCUT2D eigenvalue weighted by Crippen LogP contribution is -2.22. The molecule has 0 bridgehead atoms. The van der Waals surface area contributed by atoms with Crippen molar-refractivity contribution < 1.29 is 4.79 Å². The van der Waals surface area contributed by atoms with Crippen molar-refractivity contribution >= 4 is 11.6 Å². The van der Waals surface area contributed by atoms with Crippen LogP contribution < -0.4 is 5.32 Å². The number of aryl methyl sites for hydroxylation is 2. The third-order valence-electron chi connectivity index (χ3n) is 4.90. The molecule has 1 heterocycles. The minimum absolute atomic E-state index is 0.0648. The second-order valence-electron chi connectivity index (χ2n) is 6.97. The highest BCUT2D eigenvalue weighted by Gasteiger charge is 2.23. The van der Waals surface area contributed by atoms with Crippen LogP contribution in [0.2, 0.25) is 0 Å². The van der Waals surface area contributed by atoms with Gasteiger partial charge in [-0.05, 0) is 23.1 Å². The smallest absolute Gasteiger partial charge is 0.236 e. The molecule has 0 unspecified atom stereocenters. The predicted octanol–water partition coefficient (Wildman–Crippen LogP) is 4.90. The van der Waals surface area contributed by atoms with Gasteiger partial charge in [0, 0.05) is 12.7 Å². The SMILES string of the molecule is O=C(Nc1cnn(CCc2ccccc2)c1)C(c1ccccc1)c1ccccc1. The summed E-state index contributed by atoms with van der Waals surface area (Å²) in [5.74, 6) is -0.435. The van der Waals surface area contributed by atoms with E-state index in [1.54, 1.807) is 6.20 Å². The maximum Gasteiger partial charge on any atom is 0.236 e. The molecule has 0 spiro atoms. The van der Waals surface area contributed by atoms with E-state index in [0.29, 0.717) is 5.69 Å². The first-order valence-corrected chi connectivity index (χ1v) is 9.77. The quantitative estimate of drug-likeness (QED) is 0.495. The van der Waals surface area contributed by atoms with E-state index in [2.05, 4.69) is 22.5 Å². The summed E-state index contributed by atoms with van der Waals surface area (Å²) in [5.41, 5.74) is 3.90. The first-order valence-electron chi connectivity index (χ1n) is 9.77. The minimum Gasteiger partial charge on any atom is -0.323 e. The highest BCUT2D eigenvalue weighted by atomic mass is 16.1. The summed E-state index contributed by atoms with van der Waals surface area (Å²) < 4.78 is 1.86. The lowest BCUT2D eigenvalue weighted by molar-refractivity contribution is -0.116. The molecule has 4 aromatic rings. The van der Waals surface area contributed by atoms with Crippen LogP contribution in [0, 0.1) is 0 Å². The molecule has 4 nitrogen and oxygen atoms in total.